The lowest BCUT2D eigenvalue weighted by molar-refractivity contribution is 0.0987. The number of hydrogen-bond acceptors (Lipinski definition) is 4. The average molecular weight is 372 g/mol. The third-order valence-corrected chi connectivity index (χ3v) is 4.33. The summed E-state index contributed by atoms with van der Waals surface area (Å²) in [5, 5.41) is 11.4. The Kier molecular flexibility index (Phi) is 4.53. The molecule has 2 aromatic carbocycles. The number of anilines is 1. The number of rotatable bonds is 4. The van der Waals surface area contributed by atoms with Crippen LogP contribution in [-0.2, 0) is 0 Å². The highest BCUT2D eigenvalue weighted by molar-refractivity contribution is 6.02. The molecule has 28 heavy (non-hydrogen) atoms. The molecule has 6 nitrogen and oxygen atoms in total. The van der Waals surface area contributed by atoms with Gasteiger partial charge in [0.25, 0.3) is 5.91 Å². The Hall–Kier alpha value is -3.67. The molecule has 1 N–H and O–H groups in total. The minimum absolute atomic E-state index is 0.143. The van der Waals surface area contributed by atoms with E-state index in [1.165, 1.54) is 0 Å². The van der Waals surface area contributed by atoms with E-state index in [2.05, 4.69) is 21.6 Å². The molecule has 2 heterocycles. The number of carbonyl (C=O) groups excluding carboxylic acids is 1. The van der Waals surface area contributed by atoms with Crippen LogP contribution in [0.4, 0.5) is 5.82 Å². The van der Waals surface area contributed by atoms with Gasteiger partial charge in [0.2, 0.25) is 5.76 Å². The van der Waals surface area contributed by atoms with E-state index >= 15 is 0 Å². The summed E-state index contributed by atoms with van der Waals surface area (Å²) in [5.74, 6) is 0.343. The lowest BCUT2D eigenvalue weighted by Crippen LogP contribution is -2.14. The van der Waals surface area contributed by atoms with Gasteiger partial charge in [0.15, 0.2) is 0 Å². The van der Waals surface area contributed by atoms with Crippen LogP contribution in [0.3, 0.4) is 0 Å². The first kappa shape index (κ1) is 17.7. The van der Waals surface area contributed by atoms with Crippen molar-refractivity contribution in [1.82, 2.24) is 14.9 Å². The lowest BCUT2D eigenvalue weighted by Gasteiger charge is -2.09. The summed E-state index contributed by atoms with van der Waals surface area (Å²) in [5.41, 5.74) is 5.46. The molecular formula is C22H20N4O2. The van der Waals surface area contributed by atoms with Crippen molar-refractivity contribution in [3.63, 3.8) is 0 Å². The maximum atomic E-state index is 12.7. The molecule has 0 aliphatic rings. The third-order valence-electron chi connectivity index (χ3n) is 4.33. The second kappa shape index (κ2) is 7.15. The van der Waals surface area contributed by atoms with Gasteiger partial charge in [0.1, 0.15) is 11.5 Å². The number of nitrogens with zero attached hydrogens (tertiary/aromatic N) is 3. The fourth-order valence-corrected chi connectivity index (χ4v) is 3.16. The normalized spacial score (nSPS) is 10.8. The molecule has 0 aliphatic carbocycles. The second-order valence-corrected chi connectivity index (χ2v) is 6.83. The van der Waals surface area contributed by atoms with Gasteiger partial charge in [-0.3, -0.25) is 4.79 Å². The Morgan fingerprint density at radius 2 is 1.68 bits per heavy atom. The quantitative estimate of drug-likeness (QED) is 0.563. The molecule has 1 amide bonds. The Labute approximate surface area is 162 Å². The van der Waals surface area contributed by atoms with Crippen LogP contribution in [0.2, 0.25) is 0 Å². The molecule has 0 bridgehead atoms. The largest absolute Gasteiger partial charge is 0.350 e. The number of hydrogen-bond donors (Lipinski definition) is 1. The van der Waals surface area contributed by atoms with Crippen molar-refractivity contribution in [1.29, 1.82) is 0 Å². The predicted molar refractivity (Wildman–Crippen MR) is 108 cm³/mol. The summed E-state index contributed by atoms with van der Waals surface area (Å²) in [6.45, 7) is 5.95. The molecule has 0 unspecified atom stereocenters. The van der Waals surface area contributed by atoms with Crippen molar-refractivity contribution in [2.24, 2.45) is 0 Å². The highest BCUT2D eigenvalue weighted by atomic mass is 16.5. The zero-order chi connectivity index (χ0) is 19.7. The molecule has 0 radical (unpaired) electrons. The monoisotopic (exact) mass is 372 g/mol. The number of carbonyl (C=O) groups is 1. The zero-order valence-electron chi connectivity index (χ0n) is 15.9. The van der Waals surface area contributed by atoms with Gasteiger partial charge >= 0.3 is 0 Å². The van der Waals surface area contributed by atoms with E-state index in [-0.39, 0.29) is 11.7 Å². The molecule has 0 fully saturated rings. The first-order valence-electron chi connectivity index (χ1n) is 8.98. The van der Waals surface area contributed by atoms with Crippen LogP contribution < -0.4 is 5.32 Å². The first-order valence-corrected chi connectivity index (χ1v) is 8.98. The smallest absolute Gasteiger partial charge is 0.295 e. The summed E-state index contributed by atoms with van der Waals surface area (Å²) < 4.78 is 6.98. The molecule has 0 aliphatic heterocycles. The van der Waals surface area contributed by atoms with Crippen LogP contribution in [0.1, 0.15) is 27.4 Å². The van der Waals surface area contributed by atoms with Gasteiger partial charge in [-0.25, -0.2) is 4.68 Å². The van der Waals surface area contributed by atoms with Crippen molar-refractivity contribution in [2.75, 3.05) is 5.32 Å². The lowest BCUT2D eigenvalue weighted by atomic mass is 10.1. The van der Waals surface area contributed by atoms with E-state index in [4.69, 9.17) is 4.52 Å². The Bertz CT molecular complexity index is 1120. The van der Waals surface area contributed by atoms with Crippen LogP contribution in [0.25, 0.3) is 16.9 Å². The van der Waals surface area contributed by atoms with Crippen molar-refractivity contribution >= 4 is 11.7 Å². The van der Waals surface area contributed by atoms with Gasteiger partial charge in [-0.15, -0.1) is 0 Å². The van der Waals surface area contributed by atoms with E-state index in [0.717, 1.165) is 28.1 Å². The minimum atomic E-state index is -0.375. The molecule has 4 rings (SSSR count). The van der Waals surface area contributed by atoms with Crippen molar-refractivity contribution < 1.29 is 9.32 Å². The fraction of sp³-hybridized carbons (Fsp3) is 0.136. The topological polar surface area (TPSA) is 73.0 Å². The number of aryl methyl sites for hydroxylation is 3. The summed E-state index contributed by atoms with van der Waals surface area (Å²) >= 11 is 0. The molecule has 6 heteroatoms. The molecule has 0 spiro atoms. The number of benzene rings is 2. The zero-order valence-corrected chi connectivity index (χ0v) is 15.9. The van der Waals surface area contributed by atoms with Gasteiger partial charge in [-0.05, 0) is 44.0 Å². The van der Waals surface area contributed by atoms with Gasteiger partial charge in [-0.2, -0.15) is 5.10 Å². The van der Waals surface area contributed by atoms with Crippen LogP contribution in [0.5, 0.6) is 0 Å². The summed E-state index contributed by atoms with van der Waals surface area (Å²) in [6, 6.07) is 19.2. The number of amides is 1. The van der Waals surface area contributed by atoms with Crippen LogP contribution >= 0.6 is 0 Å². The molecule has 0 atom stereocenters. The summed E-state index contributed by atoms with van der Waals surface area (Å²) in [4.78, 5) is 12.7. The summed E-state index contributed by atoms with van der Waals surface area (Å²) in [6.07, 6.45) is 0. The average Bonchev–Trinajstić information content (AvgIpc) is 3.29. The van der Waals surface area contributed by atoms with Gasteiger partial charge in [0, 0.05) is 17.7 Å². The van der Waals surface area contributed by atoms with E-state index in [0.29, 0.717) is 11.5 Å². The van der Waals surface area contributed by atoms with E-state index < -0.39 is 0 Å². The van der Waals surface area contributed by atoms with E-state index in [9.17, 15) is 4.79 Å². The Morgan fingerprint density at radius 3 is 2.39 bits per heavy atom. The Morgan fingerprint density at radius 1 is 0.964 bits per heavy atom. The Balaban J connectivity index is 1.62. The molecule has 0 saturated heterocycles. The predicted octanol–water partition coefficient (Wildman–Crippen LogP) is 4.70. The highest BCUT2D eigenvalue weighted by Gasteiger charge is 2.17. The van der Waals surface area contributed by atoms with E-state index in [1.807, 2.05) is 69.3 Å². The fourth-order valence-electron chi connectivity index (χ4n) is 3.16. The van der Waals surface area contributed by atoms with Gasteiger partial charge < -0.3 is 9.84 Å². The van der Waals surface area contributed by atoms with Crippen molar-refractivity contribution in [2.45, 2.75) is 20.8 Å². The maximum absolute atomic E-state index is 12.7. The van der Waals surface area contributed by atoms with Crippen molar-refractivity contribution in [3.8, 4) is 16.9 Å². The van der Waals surface area contributed by atoms with Crippen molar-refractivity contribution in [3.05, 3.63) is 83.2 Å². The second-order valence-electron chi connectivity index (χ2n) is 6.83. The van der Waals surface area contributed by atoms with Crippen LogP contribution in [0, 0.1) is 20.8 Å². The maximum Gasteiger partial charge on any atom is 0.295 e. The number of aromatic nitrogens is 3. The molecular weight excluding hydrogens is 352 g/mol. The SMILES string of the molecule is Cc1cc(C)cc(-n2nc(C)cc2NC(=O)c2cc(-c3ccccc3)no2)c1. The van der Waals surface area contributed by atoms with Gasteiger partial charge in [-0.1, -0.05) is 41.6 Å². The molecule has 140 valence electrons. The third kappa shape index (κ3) is 3.57. The molecule has 0 saturated carbocycles. The summed E-state index contributed by atoms with van der Waals surface area (Å²) in [7, 11) is 0. The van der Waals surface area contributed by atoms with E-state index in [1.54, 1.807) is 10.7 Å². The standard InChI is InChI=1S/C22H20N4O2/c1-14-9-15(2)11-18(10-14)26-21(12-16(3)24-26)23-22(27)20-13-19(25-28-20)17-7-5-4-6-8-17/h4-13H,1-3H3,(H,23,27). The van der Waals surface area contributed by atoms with Crippen LogP contribution in [-0.4, -0.2) is 20.8 Å². The van der Waals surface area contributed by atoms with Crippen LogP contribution in [0.15, 0.2) is 65.2 Å². The first-order chi connectivity index (χ1) is 13.5. The molecule has 2 aromatic heterocycles. The van der Waals surface area contributed by atoms with Gasteiger partial charge in [0.05, 0.1) is 11.4 Å². The molecule has 4 aromatic rings. The highest BCUT2D eigenvalue weighted by Crippen LogP contribution is 2.22. The minimum Gasteiger partial charge on any atom is -0.350 e. The number of nitrogens with one attached hydrogen (secondary N) is 1.